The lowest BCUT2D eigenvalue weighted by Crippen LogP contribution is -2.34. The number of rotatable bonds is 2. The van der Waals surface area contributed by atoms with Crippen molar-refractivity contribution in [3.05, 3.63) is 10.0 Å². The second-order valence-corrected chi connectivity index (χ2v) is 10.4. The molecule has 0 aliphatic rings. The summed E-state index contributed by atoms with van der Waals surface area (Å²) < 4.78 is 0. The van der Waals surface area contributed by atoms with Gasteiger partial charge >= 0.3 is 12.1 Å². The van der Waals surface area contributed by atoms with Gasteiger partial charge in [0.15, 0.2) is 0 Å². The first-order chi connectivity index (χ1) is 13.7. The first-order valence-corrected chi connectivity index (χ1v) is 10.9. The van der Waals surface area contributed by atoms with E-state index in [4.69, 9.17) is 0 Å². The van der Waals surface area contributed by atoms with Gasteiger partial charge in [0.05, 0.1) is 0 Å². The Labute approximate surface area is 186 Å². The molecule has 0 saturated carbocycles. The summed E-state index contributed by atoms with van der Waals surface area (Å²) in [6.07, 6.45) is 0. The van der Waals surface area contributed by atoms with Crippen LogP contribution in [0.4, 0.5) is 19.9 Å². The van der Waals surface area contributed by atoms with Gasteiger partial charge in [-0.3, -0.25) is 9.80 Å². The molecule has 2 aromatic heterocycles. The average Bonchev–Trinajstić information content (AvgIpc) is 3.35. The maximum atomic E-state index is 11.3. The van der Waals surface area contributed by atoms with Crippen LogP contribution in [-0.4, -0.2) is 60.6 Å². The van der Waals surface area contributed by atoms with E-state index in [9.17, 15) is 9.59 Å². The van der Waals surface area contributed by atoms with Crippen molar-refractivity contribution in [3.8, 4) is 0 Å². The minimum Gasteiger partial charge on any atom is -0.341 e. The summed E-state index contributed by atoms with van der Waals surface area (Å²) >= 11 is 2.87. The molecule has 0 bridgehead atoms. The van der Waals surface area contributed by atoms with Gasteiger partial charge < -0.3 is 10.6 Å². The zero-order valence-corrected chi connectivity index (χ0v) is 20.9. The Balaban J connectivity index is 0.000000300. The third kappa shape index (κ3) is 6.87. The van der Waals surface area contributed by atoms with Gasteiger partial charge in [0.2, 0.25) is 10.3 Å². The van der Waals surface area contributed by atoms with Crippen LogP contribution in [0, 0.1) is 0 Å². The summed E-state index contributed by atoms with van der Waals surface area (Å²) in [6.45, 7) is 12.4. The Morgan fingerprint density at radius 3 is 1.20 bits per heavy atom. The highest BCUT2D eigenvalue weighted by atomic mass is 32.1. The molecule has 168 valence electrons. The largest absolute Gasteiger partial charge is 0.341 e. The highest BCUT2D eigenvalue weighted by molar-refractivity contribution is 7.15. The molecule has 0 spiro atoms. The van der Waals surface area contributed by atoms with Crippen molar-refractivity contribution >= 4 is 45.0 Å². The summed E-state index contributed by atoms with van der Waals surface area (Å²) in [4.78, 5) is 25.6. The quantitative estimate of drug-likeness (QED) is 0.717. The molecule has 0 aliphatic carbocycles. The predicted octanol–water partition coefficient (Wildman–Crippen LogP) is 3.22. The molecule has 0 aromatic carbocycles. The third-order valence-electron chi connectivity index (χ3n) is 3.72. The van der Waals surface area contributed by atoms with Gasteiger partial charge in [0, 0.05) is 39.0 Å². The van der Waals surface area contributed by atoms with Crippen molar-refractivity contribution in [2.24, 2.45) is 0 Å². The standard InChI is InChI=1S/2C9H16N4OS/c2*1-9(2,3)6-11-12-8(15-6)13(5)7(14)10-4/h2*1-5H3,(H,10,14). The molecular formula is C18H32N8O2S2. The minimum atomic E-state index is -0.188. The minimum absolute atomic E-state index is 0.0283. The van der Waals surface area contributed by atoms with E-state index >= 15 is 0 Å². The molecule has 2 aromatic rings. The van der Waals surface area contributed by atoms with Gasteiger partial charge in [-0.15, -0.1) is 20.4 Å². The van der Waals surface area contributed by atoms with Gasteiger partial charge in [-0.05, 0) is 0 Å². The predicted molar refractivity (Wildman–Crippen MR) is 123 cm³/mol. The number of anilines is 2. The van der Waals surface area contributed by atoms with Crippen LogP contribution < -0.4 is 20.4 Å². The molecule has 0 atom stereocenters. The van der Waals surface area contributed by atoms with E-state index < -0.39 is 0 Å². The van der Waals surface area contributed by atoms with Gasteiger partial charge in [0.25, 0.3) is 0 Å². The van der Waals surface area contributed by atoms with Crippen LogP contribution in [0.5, 0.6) is 0 Å². The number of amides is 4. The first kappa shape index (κ1) is 25.7. The number of urea groups is 2. The van der Waals surface area contributed by atoms with Crippen LogP contribution in [0.2, 0.25) is 0 Å². The number of nitrogens with zero attached hydrogens (tertiary/aromatic N) is 6. The smallest absolute Gasteiger partial charge is 0.323 e. The maximum absolute atomic E-state index is 11.3. The van der Waals surface area contributed by atoms with Crippen LogP contribution >= 0.6 is 22.7 Å². The number of hydrogen-bond acceptors (Lipinski definition) is 8. The number of aromatic nitrogens is 4. The summed E-state index contributed by atoms with van der Waals surface area (Å²) in [5, 5.41) is 24.3. The average molecular weight is 457 g/mol. The summed E-state index contributed by atoms with van der Waals surface area (Å²) in [5.74, 6) is 0. The van der Waals surface area contributed by atoms with Crippen molar-refractivity contribution in [1.29, 1.82) is 0 Å². The maximum Gasteiger partial charge on any atom is 0.323 e. The molecule has 2 N–H and O–H groups in total. The molecule has 0 radical (unpaired) electrons. The van der Waals surface area contributed by atoms with Gasteiger partial charge in [-0.25, -0.2) is 9.59 Å². The Morgan fingerprint density at radius 1 is 0.700 bits per heavy atom. The van der Waals surface area contributed by atoms with Crippen LogP contribution in [-0.2, 0) is 10.8 Å². The van der Waals surface area contributed by atoms with Crippen molar-refractivity contribution in [3.63, 3.8) is 0 Å². The lowest BCUT2D eigenvalue weighted by Gasteiger charge is -2.13. The first-order valence-electron chi connectivity index (χ1n) is 9.31. The van der Waals surface area contributed by atoms with Gasteiger partial charge in [-0.1, -0.05) is 64.2 Å². The number of nitrogens with one attached hydrogen (secondary N) is 2. The second-order valence-electron chi connectivity index (χ2n) is 8.51. The fraction of sp³-hybridized carbons (Fsp3) is 0.667. The van der Waals surface area contributed by atoms with Crippen molar-refractivity contribution in [2.45, 2.75) is 52.4 Å². The Bertz CT molecular complexity index is 781. The number of carbonyl (C=O) groups excluding carboxylic acids is 2. The fourth-order valence-electron chi connectivity index (χ4n) is 1.82. The van der Waals surface area contributed by atoms with E-state index in [1.165, 1.54) is 32.5 Å². The molecule has 0 aliphatic heterocycles. The third-order valence-corrected chi connectivity index (χ3v) is 6.57. The fourth-order valence-corrected chi connectivity index (χ4v) is 3.54. The summed E-state index contributed by atoms with van der Waals surface area (Å²) in [7, 11) is 6.52. The van der Waals surface area contributed by atoms with Gasteiger partial charge in [-0.2, -0.15) is 0 Å². The van der Waals surface area contributed by atoms with Gasteiger partial charge in [0.1, 0.15) is 10.0 Å². The van der Waals surface area contributed by atoms with Crippen LogP contribution in [0.15, 0.2) is 0 Å². The normalized spacial score (nSPS) is 11.3. The summed E-state index contributed by atoms with van der Waals surface area (Å²) in [6, 6.07) is -0.377. The lowest BCUT2D eigenvalue weighted by molar-refractivity contribution is 0.248. The zero-order valence-electron chi connectivity index (χ0n) is 19.3. The Morgan fingerprint density at radius 2 is 1.00 bits per heavy atom. The lowest BCUT2D eigenvalue weighted by atomic mass is 9.98. The number of carbonyl (C=O) groups is 2. The zero-order chi connectivity index (χ0) is 23.3. The molecule has 2 rings (SSSR count). The van der Waals surface area contributed by atoms with E-state index in [1.807, 2.05) is 0 Å². The Kier molecular flexibility index (Phi) is 8.66. The molecule has 0 saturated heterocycles. The highest BCUT2D eigenvalue weighted by Gasteiger charge is 2.23. The Hall–Kier alpha value is -2.34. The summed E-state index contributed by atoms with van der Waals surface area (Å²) in [5.41, 5.74) is -0.0567. The topological polar surface area (TPSA) is 116 Å². The van der Waals surface area contributed by atoms with Crippen molar-refractivity contribution in [1.82, 2.24) is 31.0 Å². The van der Waals surface area contributed by atoms with E-state index in [2.05, 4.69) is 72.6 Å². The molecule has 12 heteroatoms. The number of hydrogen-bond donors (Lipinski definition) is 2. The van der Waals surface area contributed by atoms with E-state index in [0.717, 1.165) is 10.0 Å². The SMILES string of the molecule is CNC(=O)N(C)c1nnc(C(C)(C)C)s1.CNC(=O)N(C)c1nnc(C(C)(C)C)s1. The van der Waals surface area contributed by atoms with Crippen LogP contribution in [0.1, 0.15) is 51.6 Å². The highest BCUT2D eigenvalue weighted by Crippen LogP contribution is 2.30. The van der Waals surface area contributed by atoms with Crippen LogP contribution in [0.3, 0.4) is 0 Å². The van der Waals surface area contributed by atoms with Crippen LogP contribution in [0.25, 0.3) is 0 Å². The molecular weight excluding hydrogens is 424 g/mol. The molecule has 30 heavy (non-hydrogen) atoms. The van der Waals surface area contributed by atoms with Crippen molar-refractivity contribution in [2.75, 3.05) is 38.0 Å². The van der Waals surface area contributed by atoms with E-state index in [1.54, 1.807) is 28.2 Å². The van der Waals surface area contributed by atoms with E-state index in [0.29, 0.717) is 10.3 Å². The molecule has 4 amide bonds. The van der Waals surface area contributed by atoms with E-state index in [-0.39, 0.29) is 22.9 Å². The molecule has 10 nitrogen and oxygen atoms in total. The molecule has 0 unspecified atom stereocenters. The van der Waals surface area contributed by atoms with Crippen molar-refractivity contribution < 1.29 is 9.59 Å². The molecule has 2 heterocycles. The molecule has 0 fully saturated rings. The second kappa shape index (κ2) is 10.1. The monoisotopic (exact) mass is 456 g/mol.